The van der Waals surface area contributed by atoms with Crippen molar-refractivity contribution in [2.45, 2.75) is 17.9 Å². The summed E-state index contributed by atoms with van der Waals surface area (Å²) in [7, 11) is -3.74. The number of fused-ring (bicyclic) bond motifs is 1. The van der Waals surface area contributed by atoms with E-state index >= 15 is 0 Å². The summed E-state index contributed by atoms with van der Waals surface area (Å²) in [4.78, 5) is 0.112. The van der Waals surface area contributed by atoms with Crippen LogP contribution in [0, 0.1) is 5.82 Å². The lowest BCUT2D eigenvalue weighted by molar-refractivity contribution is 0.290. The Morgan fingerprint density at radius 3 is 2.19 bits per heavy atom. The highest BCUT2D eigenvalue weighted by Crippen LogP contribution is 2.26. The molecule has 4 rings (SSSR count). The van der Waals surface area contributed by atoms with Crippen molar-refractivity contribution in [2.75, 3.05) is 6.61 Å². The van der Waals surface area contributed by atoms with E-state index in [-0.39, 0.29) is 17.3 Å². The molecule has 1 atom stereocenters. The van der Waals surface area contributed by atoms with Gasteiger partial charge in [0.05, 0.1) is 10.9 Å². The van der Waals surface area contributed by atoms with Crippen molar-refractivity contribution in [3.8, 4) is 17.2 Å². The molecule has 0 spiro atoms. The second-order valence-corrected chi connectivity index (χ2v) is 9.05. The summed E-state index contributed by atoms with van der Waals surface area (Å²) >= 11 is 0. The van der Waals surface area contributed by atoms with Gasteiger partial charge in [0.15, 0.2) is 0 Å². The number of rotatable bonds is 8. The van der Waals surface area contributed by atoms with Crippen LogP contribution in [0.4, 0.5) is 4.39 Å². The van der Waals surface area contributed by atoms with Crippen LogP contribution in [0.5, 0.6) is 17.2 Å². The number of hydrogen-bond donors (Lipinski definition) is 1. The van der Waals surface area contributed by atoms with Gasteiger partial charge in [-0.15, -0.1) is 0 Å². The SMILES string of the molecule is C[C@@H](COc1cccc2ccccc12)NS(=O)(=O)c1ccc(Oc2ccc(F)cc2)cc1. The van der Waals surface area contributed by atoms with E-state index in [4.69, 9.17) is 9.47 Å². The topological polar surface area (TPSA) is 64.6 Å². The van der Waals surface area contributed by atoms with Crippen molar-refractivity contribution in [1.29, 1.82) is 0 Å². The smallest absolute Gasteiger partial charge is 0.240 e. The molecule has 164 valence electrons. The first kappa shape index (κ1) is 21.8. The van der Waals surface area contributed by atoms with Gasteiger partial charge in [0.2, 0.25) is 10.0 Å². The van der Waals surface area contributed by atoms with Crippen LogP contribution in [0.2, 0.25) is 0 Å². The lowest BCUT2D eigenvalue weighted by Crippen LogP contribution is -2.36. The Hall–Kier alpha value is -3.42. The molecular weight excluding hydrogens is 429 g/mol. The van der Waals surface area contributed by atoms with Crippen LogP contribution < -0.4 is 14.2 Å². The predicted octanol–water partition coefficient (Wildman–Crippen LogP) is 5.52. The highest BCUT2D eigenvalue weighted by Gasteiger charge is 2.18. The number of benzene rings is 4. The van der Waals surface area contributed by atoms with E-state index in [1.807, 2.05) is 42.5 Å². The number of halogens is 1. The molecular formula is C25H22FNO4S. The minimum absolute atomic E-state index is 0.112. The number of sulfonamides is 1. The molecule has 0 aromatic heterocycles. The highest BCUT2D eigenvalue weighted by atomic mass is 32.2. The second kappa shape index (κ2) is 9.38. The van der Waals surface area contributed by atoms with Crippen molar-refractivity contribution in [3.63, 3.8) is 0 Å². The largest absolute Gasteiger partial charge is 0.491 e. The lowest BCUT2D eigenvalue weighted by Gasteiger charge is -2.16. The standard InChI is InChI=1S/C25H22FNO4S/c1-18(17-30-25-8-4-6-19-5-2-3-7-24(19)25)27-32(28,29)23-15-13-22(14-16-23)31-21-11-9-20(26)10-12-21/h2-16,18,27H,17H2,1H3/t18-/m0/s1. The summed E-state index contributed by atoms with van der Waals surface area (Å²) in [5.74, 6) is 1.25. The maximum atomic E-state index is 13.0. The zero-order valence-electron chi connectivity index (χ0n) is 17.4. The third-order valence-electron chi connectivity index (χ3n) is 4.78. The summed E-state index contributed by atoms with van der Waals surface area (Å²) in [6.07, 6.45) is 0. The first-order chi connectivity index (χ1) is 15.4. The van der Waals surface area contributed by atoms with E-state index in [9.17, 15) is 12.8 Å². The Kier molecular flexibility index (Phi) is 6.39. The molecule has 0 radical (unpaired) electrons. The van der Waals surface area contributed by atoms with Crippen LogP contribution in [-0.4, -0.2) is 21.1 Å². The quantitative estimate of drug-likeness (QED) is 0.383. The molecule has 4 aromatic rings. The summed E-state index contributed by atoms with van der Waals surface area (Å²) in [6.45, 7) is 1.92. The van der Waals surface area contributed by atoms with E-state index in [0.717, 1.165) is 10.8 Å². The molecule has 0 saturated carbocycles. The summed E-state index contributed by atoms with van der Waals surface area (Å²) in [5.41, 5.74) is 0. The van der Waals surface area contributed by atoms with Crippen LogP contribution in [0.3, 0.4) is 0 Å². The number of hydrogen-bond acceptors (Lipinski definition) is 4. The molecule has 7 heteroatoms. The molecule has 0 bridgehead atoms. The highest BCUT2D eigenvalue weighted by molar-refractivity contribution is 7.89. The van der Waals surface area contributed by atoms with Gasteiger partial charge < -0.3 is 9.47 Å². The first-order valence-electron chi connectivity index (χ1n) is 10.1. The molecule has 1 N–H and O–H groups in total. The fourth-order valence-electron chi connectivity index (χ4n) is 3.23. The molecule has 0 aliphatic heterocycles. The molecule has 4 aromatic carbocycles. The normalized spacial score (nSPS) is 12.4. The van der Waals surface area contributed by atoms with Gasteiger partial charge in [-0.3, -0.25) is 0 Å². The van der Waals surface area contributed by atoms with E-state index in [1.165, 1.54) is 36.4 Å². The van der Waals surface area contributed by atoms with Crippen LogP contribution in [-0.2, 0) is 10.0 Å². The van der Waals surface area contributed by atoms with Crippen molar-refractivity contribution in [1.82, 2.24) is 4.72 Å². The minimum atomic E-state index is -3.74. The number of nitrogens with one attached hydrogen (secondary N) is 1. The Balaban J connectivity index is 1.38. The molecule has 0 aliphatic carbocycles. The van der Waals surface area contributed by atoms with Gasteiger partial charge in [0, 0.05) is 5.39 Å². The monoisotopic (exact) mass is 451 g/mol. The predicted molar refractivity (Wildman–Crippen MR) is 122 cm³/mol. The van der Waals surface area contributed by atoms with Gasteiger partial charge in [-0.05, 0) is 66.9 Å². The van der Waals surface area contributed by atoms with Crippen LogP contribution in [0.15, 0.2) is 95.9 Å². The van der Waals surface area contributed by atoms with Crippen molar-refractivity contribution in [3.05, 3.63) is 96.8 Å². The van der Waals surface area contributed by atoms with Gasteiger partial charge in [-0.1, -0.05) is 36.4 Å². The zero-order chi connectivity index (χ0) is 22.6. The molecule has 0 heterocycles. The van der Waals surface area contributed by atoms with Crippen LogP contribution in [0.25, 0.3) is 10.8 Å². The number of ether oxygens (including phenoxy) is 2. The van der Waals surface area contributed by atoms with Crippen molar-refractivity contribution >= 4 is 20.8 Å². The maximum Gasteiger partial charge on any atom is 0.240 e. The van der Waals surface area contributed by atoms with E-state index in [0.29, 0.717) is 17.2 Å². The summed E-state index contributed by atoms with van der Waals surface area (Å²) in [5, 5.41) is 2.03. The van der Waals surface area contributed by atoms with E-state index in [2.05, 4.69) is 4.72 Å². The second-order valence-electron chi connectivity index (χ2n) is 7.34. The third kappa shape index (κ3) is 5.25. The van der Waals surface area contributed by atoms with E-state index < -0.39 is 16.1 Å². The zero-order valence-corrected chi connectivity index (χ0v) is 18.2. The lowest BCUT2D eigenvalue weighted by atomic mass is 10.1. The average molecular weight is 452 g/mol. The molecule has 0 saturated heterocycles. The molecule has 0 fully saturated rings. The average Bonchev–Trinajstić information content (AvgIpc) is 2.79. The third-order valence-corrected chi connectivity index (χ3v) is 6.38. The molecule has 0 amide bonds. The molecule has 5 nitrogen and oxygen atoms in total. The summed E-state index contributed by atoms with van der Waals surface area (Å²) < 4.78 is 52.6. The van der Waals surface area contributed by atoms with E-state index in [1.54, 1.807) is 19.1 Å². The Morgan fingerprint density at radius 1 is 0.844 bits per heavy atom. The summed E-state index contributed by atoms with van der Waals surface area (Å²) in [6, 6.07) is 24.8. The van der Waals surface area contributed by atoms with Gasteiger partial charge in [-0.25, -0.2) is 17.5 Å². The van der Waals surface area contributed by atoms with Gasteiger partial charge >= 0.3 is 0 Å². The fraction of sp³-hybridized carbons (Fsp3) is 0.120. The Labute approximate surface area is 186 Å². The Bertz CT molecular complexity index is 1300. The van der Waals surface area contributed by atoms with Gasteiger partial charge in [0.25, 0.3) is 0 Å². The molecule has 32 heavy (non-hydrogen) atoms. The van der Waals surface area contributed by atoms with Crippen molar-refractivity contribution in [2.24, 2.45) is 0 Å². The van der Waals surface area contributed by atoms with Gasteiger partial charge in [-0.2, -0.15) is 0 Å². The first-order valence-corrected chi connectivity index (χ1v) is 11.6. The maximum absolute atomic E-state index is 13.0. The van der Waals surface area contributed by atoms with Gasteiger partial charge in [0.1, 0.15) is 29.7 Å². The van der Waals surface area contributed by atoms with Crippen molar-refractivity contribution < 1.29 is 22.3 Å². The molecule has 0 unspecified atom stereocenters. The molecule has 0 aliphatic rings. The minimum Gasteiger partial charge on any atom is -0.491 e. The van der Waals surface area contributed by atoms with Crippen LogP contribution >= 0.6 is 0 Å². The fourth-order valence-corrected chi connectivity index (χ4v) is 4.46. The Morgan fingerprint density at radius 2 is 1.47 bits per heavy atom. The van der Waals surface area contributed by atoms with Crippen LogP contribution in [0.1, 0.15) is 6.92 Å².